The molecule has 2 fully saturated rings. The lowest BCUT2D eigenvalue weighted by Crippen LogP contribution is -2.39. The Morgan fingerprint density at radius 1 is 1.00 bits per heavy atom. The quantitative estimate of drug-likeness (QED) is 0.840. The van der Waals surface area contributed by atoms with Crippen LogP contribution in [0.15, 0.2) is 18.2 Å². The summed E-state index contributed by atoms with van der Waals surface area (Å²) in [4.78, 5) is 7.02. The summed E-state index contributed by atoms with van der Waals surface area (Å²) in [6, 6.07) is 6.28. The van der Waals surface area contributed by atoms with E-state index >= 15 is 0 Å². The van der Waals surface area contributed by atoms with E-state index in [1.807, 2.05) is 0 Å². The molecule has 2 heterocycles. The van der Waals surface area contributed by atoms with E-state index < -0.39 is 0 Å². The molecule has 1 aromatic heterocycles. The van der Waals surface area contributed by atoms with E-state index in [2.05, 4.69) is 35.0 Å². The van der Waals surface area contributed by atoms with Crippen LogP contribution >= 0.6 is 0 Å². The van der Waals surface area contributed by atoms with Crippen molar-refractivity contribution in [3.63, 3.8) is 0 Å². The minimum Gasteiger partial charge on any atom is -0.375 e. The molecule has 0 bridgehead atoms. The molecule has 3 rings (SSSR count). The molecule has 0 N–H and O–H groups in total. The lowest BCUT2D eigenvalue weighted by molar-refractivity contribution is -0.0395. The van der Waals surface area contributed by atoms with E-state index in [0.717, 1.165) is 37.4 Å². The van der Waals surface area contributed by atoms with Gasteiger partial charge in [0.2, 0.25) is 0 Å². The monoisotopic (exact) mass is 274 g/mol. The molecule has 1 saturated heterocycles. The van der Waals surface area contributed by atoms with Crippen molar-refractivity contribution in [2.75, 3.05) is 18.0 Å². The molecule has 0 radical (unpaired) electrons. The van der Waals surface area contributed by atoms with Gasteiger partial charge >= 0.3 is 0 Å². The average molecular weight is 274 g/mol. The second kappa shape index (κ2) is 6.57. The molecule has 20 heavy (non-hydrogen) atoms. The van der Waals surface area contributed by atoms with E-state index in [9.17, 15) is 0 Å². The van der Waals surface area contributed by atoms with Crippen LogP contribution in [-0.2, 0) is 4.74 Å². The lowest BCUT2D eigenvalue weighted by atomic mass is 9.97. The Hall–Kier alpha value is -1.09. The summed E-state index contributed by atoms with van der Waals surface area (Å²) in [5, 5.41) is 0. The van der Waals surface area contributed by atoms with Gasteiger partial charge in [-0.15, -0.1) is 0 Å². The third-order valence-electron chi connectivity index (χ3n) is 4.58. The van der Waals surface area contributed by atoms with Crippen LogP contribution in [0.4, 0.5) is 5.82 Å². The topological polar surface area (TPSA) is 25.4 Å². The third-order valence-corrected chi connectivity index (χ3v) is 4.58. The van der Waals surface area contributed by atoms with Crippen molar-refractivity contribution in [3.05, 3.63) is 23.9 Å². The number of anilines is 1. The Kier molecular flexibility index (Phi) is 4.56. The number of hydrogen-bond acceptors (Lipinski definition) is 3. The maximum Gasteiger partial charge on any atom is 0.128 e. The van der Waals surface area contributed by atoms with E-state index in [1.54, 1.807) is 0 Å². The van der Waals surface area contributed by atoms with Gasteiger partial charge in [-0.1, -0.05) is 25.3 Å². The predicted molar refractivity (Wildman–Crippen MR) is 82.2 cm³/mol. The molecule has 0 unspecified atom stereocenters. The van der Waals surface area contributed by atoms with Crippen LogP contribution in [0, 0.1) is 6.92 Å². The van der Waals surface area contributed by atoms with Gasteiger partial charge in [-0.3, -0.25) is 0 Å². The van der Waals surface area contributed by atoms with Gasteiger partial charge in [-0.05, 0) is 44.7 Å². The van der Waals surface area contributed by atoms with Crippen LogP contribution in [0.5, 0.6) is 0 Å². The van der Waals surface area contributed by atoms with Crippen LogP contribution in [0.2, 0.25) is 0 Å². The van der Waals surface area contributed by atoms with Gasteiger partial charge in [0.1, 0.15) is 5.82 Å². The smallest absolute Gasteiger partial charge is 0.128 e. The van der Waals surface area contributed by atoms with Gasteiger partial charge < -0.3 is 9.64 Å². The molecule has 2 aliphatic rings. The van der Waals surface area contributed by atoms with E-state index in [4.69, 9.17) is 4.74 Å². The minimum atomic E-state index is 0.471. The summed E-state index contributed by atoms with van der Waals surface area (Å²) in [5.41, 5.74) is 1.10. The van der Waals surface area contributed by atoms with Gasteiger partial charge in [0, 0.05) is 18.8 Å². The molecular weight excluding hydrogens is 248 g/mol. The highest BCUT2D eigenvalue weighted by atomic mass is 16.5. The first kappa shape index (κ1) is 13.9. The summed E-state index contributed by atoms with van der Waals surface area (Å²) < 4.78 is 6.29. The van der Waals surface area contributed by atoms with E-state index in [1.165, 1.54) is 32.1 Å². The maximum absolute atomic E-state index is 6.29. The van der Waals surface area contributed by atoms with Gasteiger partial charge in [0.05, 0.1) is 12.2 Å². The zero-order valence-electron chi connectivity index (χ0n) is 12.6. The number of rotatable bonds is 3. The molecule has 0 spiro atoms. The number of piperidine rings is 1. The van der Waals surface area contributed by atoms with Gasteiger partial charge in [-0.25, -0.2) is 4.98 Å². The number of pyridine rings is 1. The number of aromatic nitrogens is 1. The van der Waals surface area contributed by atoms with Crippen molar-refractivity contribution < 1.29 is 4.74 Å². The van der Waals surface area contributed by atoms with Crippen LogP contribution in [0.25, 0.3) is 0 Å². The van der Waals surface area contributed by atoms with Crippen molar-refractivity contribution >= 4 is 5.82 Å². The highest BCUT2D eigenvalue weighted by Crippen LogP contribution is 2.26. The molecule has 1 aliphatic heterocycles. The molecule has 1 aromatic rings. The third kappa shape index (κ3) is 3.51. The molecule has 3 heteroatoms. The first-order chi connectivity index (χ1) is 9.81. The normalized spacial score (nSPS) is 22.1. The van der Waals surface area contributed by atoms with Gasteiger partial charge in [-0.2, -0.15) is 0 Å². The first-order valence-corrected chi connectivity index (χ1v) is 8.15. The molecular formula is C17H26N2O. The Balaban J connectivity index is 1.49. The summed E-state index contributed by atoms with van der Waals surface area (Å²) >= 11 is 0. The Labute approximate surface area is 122 Å². The number of nitrogens with zero attached hydrogens (tertiary/aromatic N) is 2. The Morgan fingerprint density at radius 3 is 2.40 bits per heavy atom. The van der Waals surface area contributed by atoms with Crippen molar-refractivity contribution in [2.24, 2.45) is 0 Å². The maximum atomic E-state index is 6.29. The average Bonchev–Trinajstić information content (AvgIpc) is 2.49. The highest BCUT2D eigenvalue weighted by Gasteiger charge is 2.24. The van der Waals surface area contributed by atoms with Crippen molar-refractivity contribution in [1.82, 2.24) is 4.98 Å². The predicted octanol–water partition coefficient (Wildman–Crippen LogP) is 3.71. The Bertz CT molecular complexity index is 421. The van der Waals surface area contributed by atoms with Gasteiger partial charge in [0.25, 0.3) is 0 Å². The van der Waals surface area contributed by atoms with E-state index in [0.29, 0.717) is 12.2 Å². The summed E-state index contributed by atoms with van der Waals surface area (Å²) in [6.07, 6.45) is 9.97. The van der Waals surface area contributed by atoms with Crippen LogP contribution in [0.1, 0.15) is 50.6 Å². The summed E-state index contributed by atoms with van der Waals surface area (Å²) in [5.74, 6) is 1.13. The van der Waals surface area contributed by atoms with Crippen LogP contribution in [0.3, 0.4) is 0 Å². The standard InChI is InChI=1S/C17H26N2O/c1-14-6-5-9-17(18-14)19-12-10-16(11-13-19)20-15-7-3-2-4-8-15/h5-6,9,15-16H,2-4,7-8,10-13H2,1H3. The minimum absolute atomic E-state index is 0.471. The molecule has 1 saturated carbocycles. The van der Waals surface area contributed by atoms with Crippen molar-refractivity contribution in [1.29, 1.82) is 0 Å². The van der Waals surface area contributed by atoms with Crippen molar-refractivity contribution in [3.8, 4) is 0 Å². The van der Waals surface area contributed by atoms with Crippen LogP contribution < -0.4 is 4.90 Å². The highest BCUT2D eigenvalue weighted by molar-refractivity contribution is 5.39. The molecule has 110 valence electrons. The SMILES string of the molecule is Cc1cccc(N2CCC(OC3CCCCC3)CC2)n1. The molecule has 0 aromatic carbocycles. The fraction of sp³-hybridized carbons (Fsp3) is 0.706. The Morgan fingerprint density at radius 2 is 1.70 bits per heavy atom. The number of aryl methyl sites for hydroxylation is 1. The zero-order valence-corrected chi connectivity index (χ0v) is 12.6. The fourth-order valence-corrected chi connectivity index (χ4v) is 3.40. The van der Waals surface area contributed by atoms with E-state index in [-0.39, 0.29) is 0 Å². The largest absolute Gasteiger partial charge is 0.375 e. The number of ether oxygens (including phenoxy) is 1. The second-order valence-electron chi connectivity index (χ2n) is 6.22. The summed E-state index contributed by atoms with van der Waals surface area (Å²) in [6.45, 7) is 4.21. The fourth-order valence-electron chi connectivity index (χ4n) is 3.40. The van der Waals surface area contributed by atoms with Crippen molar-refractivity contribution in [2.45, 2.75) is 64.1 Å². The molecule has 0 atom stereocenters. The molecule has 3 nitrogen and oxygen atoms in total. The lowest BCUT2D eigenvalue weighted by Gasteiger charge is -2.35. The second-order valence-corrected chi connectivity index (χ2v) is 6.22. The van der Waals surface area contributed by atoms with Gasteiger partial charge in [0.15, 0.2) is 0 Å². The summed E-state index contributed by atoms with van der Waals surface area (Å²) in [7, 11) is 0. The first-order valence-electron chi connectivity index (χ1n) is 8.15. The zero-order chi connectivity index (χ0) is 13.8. The molecule has 0 amide bonds. The molecule has 1 aliphatic carbocycles. The number of hydrogen-bond donors (Lipinski definition) is 0. The van der Waals surface area contributed by atoms with Crippen LogP contribution in [-0.4, -0.2) is 30.3 Å².